The van der Waals surface area contributed by atoms with E-state index in [-0.39, 0.29) is 5.56 Å². The van der Waals surface area contributed by atoms with Crippen LogP contribution in [0.5, 0.6) is 0 Å². The smallest absolute Gasteiger partial charge is 0.293 e. The van der Waals surface area contributed by atoms with Crippen LogP contribution >= 0.6 is 0 Å². The number of anilines is 1. The van der Waals surface area contributed by atoms with E-state index in [4.69, 9.17) is 5.73 Å². The van der Waals surface area contributed by atoms with Crippen LogP contribution in [-0.2, 0) is 7.05 Å². The summed E-state index contributed by atoms with van der Waals surface area (Å²) in [6.45, 7) is 3.60. The van der Waals surface area contributed by atoms with Gasteiger partial charge in [-0.1, -0.05) is 13.3 Å². The molecule has 0 radical (unpaired) electrons. The Morgan fingerprint density at radius 3 is 2.94 bits per heavy atom. The van der Waals surface area contributed by atoms with Gasteiger partial charge in [-0.25, -0.2) is 4.98 Å². The maximum Gasteiger partial charge on any atom is 0.293 e. The highest BCUT2D eigenvalue weighted by atomic mass is 16.1. The Balaban J connectivity index is 2.59. The van der Waals surface area contributed by atoms with Crippen molar-refractivity contribution in [3.05, 3.63) is 22.7 Å². The summed E-state index contributed by atoms with van der Waals surface area (Å²) >= 11 is 0. The first-order valence-corrected chi connectivity index (χ1v) is 6.14. The molecule has 1 aromatic heterocycles. The molecular formula is C12H22N4O. The van der Waals surface area contributed by atoms with Crippen LogP contribution in [-0.4, -0.2) is 22.6 Å². The minimum absolute atomic E-state index is 0.0875. The number of nitrogens with two attached hydrogens (primary N) is 1. The molecule has 1 heterocycles. The van der Waals surface area contributed by atoms with E-state index >= 15 is 0 Å². The van der Waals surface area contributed by atoms with Crippen molar-refractivity contribution in [3.63, 3.8) is 0 Å². The van der Waals surface area contributed by atoms with E-state index in [9.17, 15) is 4.79 Å². The molecule has 1 atom stereocenters. The Morgan fingerprint density at radius 2 is 2.29 bits per heavy atom. The fourth-order valence-electron chi connectivity index (χ4n) is 1.85. The van der Waals surface area contributed by atoms with E-state index in [0.717, 1.165) is 25.8 Å². The van der Waals surface area contributed by atoms with Gasteiger partial charge in [-0.2, -0.15) is 0 Å². The summed E-state index contributed by atoms with van der Waals surface area (Å²) in [4.78, 5) is 15.8. The molecule has 5 nitrogen and oxygen atoms in total. The summed E-state index contributed by atoms with van der Waals surface area (Å²) in [6, 6.07) is 0. The second kappa shape index (κ2) is 7.06. The highest BCUT2D eigenvalue weighted by Gasteiger charge is 2.08. The van der Waals surface area contributed by atoms with Crippen molar-refractivity contribution in [1.29, 1.82) is 0 Å². The van der Waals surface area contributed by atoms with E-state index in [1.807, 2.05) is 0 Å². The topological polar surface area (TPSA) is 72.9 Å². The van der Waals surface area contributed by atoms with Crippen LogP contribution in [0, 0.1) is 5.92 Å². The highest BCUT2D eigenvalue weighted by Crippen LogP contribution is 2.10. The number of nitrogens with zero attached hydrogens (tertiary/aromatic N) is 2. The standard InChI is InChI=1S/C12H22N4O/c1-3-4-10(5-6-13)9-15-11-12(17)16(2)8-7-14-11/h7-8,10H,3-6,9,13H2,1-2H3,(H,14,15). The van der Waals surface area contributed by atoms with Gasteiger partial charge in [-0.3, -0.25) is 4.79 Å². The van der Waals surface area contributed by atoms with Crippen molar-refractivity contribution in [2.75, 3.05) is 18.4 Å². The summed E-state index contributed by atoms with van der Waals surface area (Å²) in [6.07, 6.45) is 6.51. The summed E-state index contributed by atoms with van der Waals surface area (Å²) in [5.74, 6) is 0.935. The molecule has 0 fully saturated rings. The van der Waals surface area contributed by atoms with E-state index in [1.54, 1.807) is 19.4 Å². The average molecular weight is 238 g/mol. The zero-order chi connectivity index (χ0) is 12.7. The molecule has 3 N–H and O–H groups in total. The van der Waals surface area contributed by atoms with E-state index in [1.165, 1.54) is 4.57 Å². The van der Waals surface area contributed by atoms with Crippen LogP contribution in [0.25, 0.3) is 0 Å². The highest BCUT2D eigenvalue weighted by molar-refractivity contribution is 5.30. The van der Waals surface area contributed by atoms with E-state index < -0.39 is 0 Å². The molecule has 0 aliphatic heterocycles. The first-order valence-electron chi connectivity index (χ1n) is 6.14. The summed E-state index contributed by atoms with van der Waals surface area (Å²) in [5, 5.41) is 3.12. The fourth-order valence-corrected chi connectivity index (χ4v) is 1.85. The Labute approximate surface area is 102 Å². The maximum atomic E-state index is 11.7. The number of rotatable bonds is 7. The van der Waals surface area contributed by atoms with Crippen molar-refractivity contribution in [2.45, 2.75) is 26.2 Å². The Kier molecular flexibility index (Phi) is 5.69. The lowest BCUT2D eigenvalue weighted by Gasteiger charge is -2.16. The molecule has 1 aromatic rings. The monoisotopic (exact) mass is 238 g/mol. The quantitative estimate of drug-likeness (QED) is 0.742. The fraction of sp³-hybridized carbons (Fsp3) is 0.667. The van der Waals surface area contributed by atoms with Crippen LogP contribution in [0.2, 0.25) is 0 Å². The minimum Gasteiger partial charge on any atom is -0.365 e. The van der Waals surface area contributed by atoms with Gasteiger partial charge in [0.2, 0.25) is 0 Å². The first kappa shape index (κ1) is 13.7. The van der Waals surface area contributed by atoms with Crippen LogP contribution in [0.3, 0.4) is 0 Å². The Morgan fingerprint density at radius 1 is 1.53 bits per heavy atom. The lowest BCUT2D eigenvalue weighted by atomic mass is 10.00. The van der Waals surface area contributed by atoms with Crippen molar-refractivity contribution >= 4 is 5.82 Å². The minimum atomic E-state index is -0.0875. The molecule has 0 amide bonds. The average Bonchev–Trinajstić information content (AvgIpc) is 2.31. The summed E-state index contributed by atoms with van der Waals surface area (Å²) in [5.41, 5.74) is 5.49. The second-order valence-electron chi connectivity index (χ2n) is 4.30. The van der Waals surface area contributed by atoms with Crippen LogP contribution in [0.4, 0.5) is 5.82 Å². The van der Waals surface area contributed by atoms with E-state index in [2.05, 4.69) is 17.2 Å². The number of aromatic nitrogens is 2. The van der Waals surface area contributed by atoms with Crippen LogP contribution in [0.15, 0.2) is 17.2 Å². The van der Waals surface area contributed by atoms with Crippen molar-refractivity contribution in [3.8, 4) is 0 Å². The van der Waals surface area contributed by atoms with Gasteiger partial charge in [-0.15, -0.1) is 0 Å². The third-order valence-corrected chi connectivity index (χ3v) is 2.85. The number of nitrogens with one attached hydrogen (secondary N) is 1. The summed E-state index contributed by atoms with van der Waals surface area (Å²) in [7, 11) is 1.72. The zero-order valence-corrected chi connectivity index (χ0v) is 10.6. The molecule has 0 bridgehead atoms. The third-order valence-electron chi connectivity index (χ3n) is 2.85. The molecule has 1 unspecified atom stereocenters. The van der Waals surface area contributed by atoms with Gasteiger partial charge in [0.15, 0.2) is 5.82 Å². The van der Waals surface area contributed by atoms with Gasteiger partial charge >= 0.3 is 0 Å². The van der Waals surface area contributed by atoms with Gasteiger partial charge < -0.3 is 15.6 Å². The predicted octanol–water partition coefficient (Wildman–Crippen LogP) is 0.957. The molecule has 1 rings (SSSR count). The molecule has 17 heavy (non-hydrogen) atoms. The van der Waals surface area contributed by atoms with Gasteiger partial charge in [0, 0.05) is 26.0 Å². The lowest BCUT2D eigenvalue weighted by Crippen LogP contribution is -2.25. The number of hydrogen-bond donors (Lipinski definition) is 2. The second-order valence-corrected chi connectivity index (χ2v) is 4.30. The normalized spacial score (nSPS) is 12.4. The largest absolute Gasteiger partial charge is 0.365 e. The molecule has 0 saturated heterocycles. The molecule has 0 saturated carbocycles. The van der Waals surface area contributed by atoms with Crippen LogP contribution < -0.4 is 16.6 Å². The van der Waals surface area contributed by atoms with Gasteiger partial charge in [0.25, 0.3) is 5.56 Å². The Bertz CT molecular complexity index is 382. The van der Waals surface area contributed by atoms with Gasteiger partial charge in [-0.05, 0) is 25.3 Å². The molecular weight excluding hydrogens is 216 g/mol. The number of hydrogen-bond acceptors (Lipinski definition) is 4. The third kappa shape index (κ3) is 4.19. The van der Waals surface area contributed by atoms with Crippen molar-refractivity contribution in [1.82, 2.24) is 9.55 Å². The molecule has 96 valence electrons. The Hall–Kier alpha value is -1.36. The predicted molar refractivity (Wildman–Crippen MR) is 70.0 cm³/mol. The van der Waals surface area contributed by atoms with Gasteiger partial charge in [0.05, 0.1) is 0 Å². The van der Waals surface area contributed by atoms with Crippen molar-refractivity contribution < 1.29 is 0 Å². The number of aryl methyl sites for hydroxylation is 1. The van der Waals surface area contributed by atoms with Gasteiger partial charge in [0.1, 0.15) is 0 Å². The van der Waals surface area contributed by atoms with Crippen molar-refractivity contribution in [2.24, 2.45) is 18.7 Å². The van der Waals surface area contributed by atoms with Crippen LogP contribution in [0.1, 0.15) is 26.2 Å². The summed E-state index contributed by atoms with van der Waals surface area (Å²) < 4.78 is 1.52. The van der Waals surface area contributed by atoms with E-state index in [0.29, 0.717) is 18.3 Å². The molecule has 0 aliphatic carbocycles. The molecule has 0 aromatic carbocycles. The SMILES string of the molecule is CCCC(CCN)CNc1nccn(C)c1=O. The maximum absolute atomic E-state index is 11.7. The zero-order valence-electron chi connectivity index (χ0n) is 10.6. The molecule has 5 heteroatoms. The molecule has 0 spiro atoms. The molecule has 0 aliphatic rings. The lowest BCUT2D eigenvalue weighted by molar-refractivity contribution is 0.472. The first-order chi connectivity index (χ1) is 8.19.